The number of hydrogen-bond donors (Lipinski definition) is 1. The first kappa shape index (κ1) is 15.7. The van der Waals surface area contributed by atoms with Crippen LogP contribution in [0.1, 0.15) is 0 Å². The van der Waals surface area contributed by atoms with Crippen LogP contribution in [0.3, 0.4) is 0 Å². The van der Waals surface area contributed by atoms with Crippen LogP contribution >= 0.6 is 11.6 Å². The summed E-state index contributed by atoms with van der Waals surface area (Å²) in [5.41, 5.74) is 1.02. The van der Waals surface area contributed by atoms with E-state index in [0.717, 1.165) is 5.69 Å². The lowest BCUT2D eigenvalue weighted by atomic mass is 10.3. The fourth-order valence-corrected chi connectivity index (χ4v) is 2.69. The van der Waals surface area contributed by atoms with Crippen molar-refractivity contribution in [1.29, 1.82) is 0 Å². The molecule has 112 valence electrons. The molecule has 0 atom stereocenters. The number of likely N-dealkylation sites (N-methyl/N-ethyl adjacent to an activating group) is 1. The first-order chi connectivity index (χ1) is 9.99. The molecule has 0 fully saturated rings. The highest BCUT2D eigenvalue weighted by Crippen LogP contribution is 2.10. The van der Waals surface area contributed by atoms with Crippen LogP contribution in [0.25, 0.3) is 0 Å². The Labute approximate surface area is 128 Å². The highest BCUT2D eigenvalue weighted by Gasteiger charge is 2.14. The van der Waals surface area contributed by atoms with E-state index in [1.807, 2.05) is 42.3 Å². The van der Waals surface area contributed by atoms with Gasteiger partial charge < -0.3 is 4.90 Å². The average molecular weight is 327 g/mol. The molecule has 0 unspecified atom stereocenters. The minimum atomic E-state index is -3.62. The molecule has 0 aliphatic rings. The van der Waals surface area contributed by atoms with Crippen LogP contribution in [-0.2, 0) is 10.0 Å². The minimum Gasteiger partial charge on any atom is -0.373 e. The lowest BCUT2D eigenvalue weighted by Crippen LogP contribution is -2.33. The van der Waals surface area contributed by atoms with Crippen molar-refractivity contribution in [2.24, 2.45) is 0 Å². The maximum Gasteiger partial charge on any atom is 0.243 e. The van der Waals surface area contributed by atoms with Crippen molar-refractivity contribution in [2.75, 3.05) is 25.0 Å². The van der Waals surface area contributed by atoms with Gasteiger partial charge in [-0.25, -0.2) is 23.1 Å². The molecule has 0 saturated carbocycles. The quantitative estimate of drug-likeness (QED) is 0.815. The Morgan fingerprint density at radius 2 is 1.81 bits per heavy atom. The van der Waals surface area contributed by atoms with E-state index in [-0.39, 0.29) is 16.7 Å². The molecule has 21 heavy (non-hydrogen) atoms. The number of nitrogens with zero attached hydrogens (tertiary/aromatic N) is 3. The Morgan fingerprint density at radius 3 is 2.43 bits per heavy atom. The molecule has 0 spiro atoms. The average Bonchev–Trinajstić information content (AvgIpc) is 2.48. The van der Waals surface area contributed by atoms with Crippen molar-refractivity contribution in [3.8, 4) is 0 Å². The van der Waals surface area contributed by atoms with Crippen molar-refractivity contribution in [3.63, 3.8) is 0 Å². The molecule has 1 aromatic heterocycles. The monoisotopic (exact) mass is 326 g/mol. The number of sulfonamides is 1. The molecule has 0 radical (unpaired) electrons. The largest absolute Gasteiger partial charge is 0.373 e. The summed E-state index contributed by atoms with van der Waals surface area (Å²) in [6.07, 6.45) is 2.36. The van der Waals surface area contributed by atoms with E-state index < -0.39 is 10.0 Å². The number of anilines is 1. The van der Waals surface area contributed by atoms with E-state index in [1.165, 1.54) is 12.4 Å². The molecule has 8 heteroatoms. The Bertz CT molecular complexity index is 677. The Hall–Kier alpha value is -1.70. The molecular formula is C13H15ClN4O2S. The standard InChI is InChI=1S/C13H15ClN4O2S/c1-18(11-5-3-2-4-6-11)8-7-17-21(19,20)12-9-15-13(14)16-10-12/h2-6,9-10,17H,7-8H2,1H3. The highest BCUT2D eigenvalue weighted by molar-refractivity contribution is 7.89. The summed E-state index contributed by atoms with van der Waals surface area (Å²) in [5, 5.41) is 0.0118. The van der Waals surface area contributed by atoms with Gasteiger partial charge in [-0.3, -0.25) is 0 Å². The van der Waals surface area contributed by atoms with Gasteiger partial charge in [-0.05, 0) is 23.7 Å². The first-order valence-electron chi connectivity index (χ1n) is 6.22. The zero-order valence-electron chi connectivity index (χ0n) is 11.4. The molecule has 0 saturated heterocycles. The molecule has 1 aromatic carbocycles. The lowest BCUT2D eigenvalue weighted by Gasteiger charge is -2.19. The minimum absolute atomic E-state index is 0.00531. The third-order valence-electron chi connectivity index (χ3n) is 2.84. The number of nitrogens with one attached hydrogen (secondary N) is 1. The van der Waals surface area contributed by atoms with Gasteiger partial charge in [-0.15, -0.1) is 0 Å². The third-order valence-corrected chi connectivity index (χ3v) is 4.45. The van der Waals surface area contributed by atoms with Crippen molar-refractivity contribution in [1.82, 2.24) is 14.7 Å². The van der Waals surface area contributed by atoms with Crippen LogP contribution in [-0.4, -0.2) is 38.5 Å². The van der Waals surface area contributed by atoms with E-state index in [9.17, 15) is 8.42 Å². The highest BCUT2D eigenvalue weighted by atomic mass is 35.5. The summed E-state index contributed by atoms with van der Waals surface area (Å²) in [5.74, 6) is 0. The second-order valence-corrected chi connectivity index (χ2v) is 6.45. The van der Waals surface area contributed by atoms with E-state index in [1.54, 1.807) is 0 Å². The van der Waals surface area contributed by atoms with Gasteiger partial charge in [-0.2, -0.15) is 0 Å². The Kier molecular flexibility index (Phi) is 5.11. The van der Waals surface area contributed by atoms with Crippen LogP contribution in [0.15, 0.2) is 47.6 Å². The molecule has 0 bridgehead atoms. The van der Waals surface area contributed by atoms with Gasteiger partial charge in [0.15, 0.2) is 0 Å². The molecule has 1 heterocycles. The van der Waals surface area contributed by atoms with Gasteiger partial charge in [0.1, 0.15) is 4.90 Å². The first-order valence-corrected chi connectivity index (χ1v) is 8.08. The molecular weight excluding hydrogens is 312 g/mol. The molecule has 6 nitrogen and oxygen atoms in total. The van der Waals surface area contributed by atoms with Crippen LogP contribution < -0.4 is 9.62 Å². The SMILES string of the molecule is CN(CCNS(=O)(=O)c1cnc(Cl)nc1)c1ccccc1. The van der Waals surface area contributed by atoms with Crippen molar-refractivity contribution >= 4 is 27.3 Å². The number of hydrogen-bond acceptors (Lipinski definition) is 5. The molecule has 0 aliphatic carbocycles. The fourth-order valence-electron chi connectivity index (χ4n) is 1.68. The van der Waals surface area contributed by atoms with E-state index in [4.69, 9.17) is 11.6 Å². The maximum atomic E-state index is 12.0. The number of halogens is 1. The summed E-state index contributed by atoms with van der Waals surface area (Å²) in [4.78, 5) is 9.28. The summed E-state index contributed by atoms with van der Waals surface area (Å²) < 4.78 is 26.5. The third kappa shape index (κ3) is 4.38. The summed E-state index contributed by atoms with van der Waals surface area (Å²) >= 11 is 5.53. The van der Waals surface area contributed by atoms with E-state index >= 15 is 0 Å². The normalized spacial score (nSPS) is 11.3. The molecule has 0 amide bonds. The van der Waals surface area contributed by atoms with Crippen LogP contribution in [0.2, 0.25) is 5.28 Å². The van der Waals surface area contributed by atoms with Gasteiger partial charge in [-0.1, -0.05) is 18.2 Å². The second-order valence-electron chi connectivity index (χ2n) is 4.34. The smallest absolute Gasteiger partial charge is 0.243 e. The van der Waals surface area contributed by atoms with Gasteiger partial charge in [0.25, 0.3) is 0 Å². The van der Waals surface area contributed by atoms with Gasteiger partial charge >= 0.3 is 0 Å². The molecule has 1 N–H and O–H groups in total. The lowest BCUT2D eigenvalue weighted by molar-refractivity contribution is 0.580. The number of rotatable bonds is 6. The van der Waals surface area contributed by atoms with E-state index in [2.05, 4.69) is 14.7 Å². The fraction of sp³-hybridized carbons (Fsp3) is 0.231. The summed E-state index contributed by atoms with van der Waals surface area (Å²) in [7, 11) is -1.72. The zero-order valence-corrected chi connectivity index (χ0v) is 13.0. The summed E-state index contributed by atoms with van der Waals surface area (Å²) in [6.45, 7) is 0.814. The zero-order chi connectivity index (χ0) is 15.3. The molecule has 0 aliphatic heterocycles. The van der Waals surface area contributed by atoms with Crippen LogP contribution in [0.4, 0.5) is 5.69 Å². The topological polar surface area (TPSA) is 75.2 Å². The van der Waals surface area contributed by atoms with Crippen molar-refractivity contribution < 1.29 is 8.42 Å². The van der Waals surface area contributed by atoms with Gasteiger partial charge in [0.2, 0.25) is 15.3 Å². The van der Waals surface area contributed by atoms with Crippen molar-refractivity contribution in [3.05, 3.63) is 48.0 Å². The molecule has 2 rings (SSSR count). The Morgan fingerprint density at radius 1 is 1.19 bits per heavy atom. The predicted molar refractivity (Wildman–Crippen MR) is 81.9 cm³/mol. The maximum absolute atomic E-state index is 12.0. The number of benzene rings is 1. The molecule has 2 aromatic rings. The number of aromatic nitrogens is 2. The Balaban J connectivity index is 1.92. The van der Waals surface area contributed by atoms with Crippen LogP contribution in [0.5, 0.6) is 0 Å². The van der Waals surface area contributed by atoms with Gasteiger partial charge in [0.05, 0.1) is 12.4 Å². The van der Waals surface area contributed by atoms with Crippen LogP contribution in [0, 0.1) is 0 Å². The van der Waals surface area contributed by atoms with E-state index in [0.29, 0.717) is 6.54 Å². The van der Waals surface area contributed by atoms with Crippen molar-refractivity contribution in [2.45, 2.75) is 4.90 Å². The summed E-state index contributed by atoms with van der Waals surface area (Å²) in [6, 6.07) is 9.71. The second kappa shape index (κ2) is 6.84. The predicted octanol–water partition coefficient (Wildman–Crippen LogP) is 1.54. The van der Waals surface area contributed by atoms with Gasteiger partial charge in [0, 0.05) is 25.8 Å². The number of para-hydroxylation sites is 1.